The molecular formula is C13H16BrN3. The topological polar surface area (TPSA) is 29.9 Å². The highest BCUT2D eigenvalue weighted by Gasteiger charge is 1.97. The van der Waals surface area contributed by atoms with Crippen molar-refractivity contribution in [2.75, 3.05) is 6.54 Å². The van der Waals surface area contributed by atoms with Crippen LogP contribution in [0.2, 0.25) is 0 Å². The van der Waals surface area contributed by atoms with Crippen LogP contribution in [0.15, 0.2) is 47.2 Å². The van der Waals surface area contributed by atoms with Crippen LogP contribution in [0.5, 0.6) is 0 Å². The van der Waals surface area contributed by atoms with Crippen molar-refractivity contribution in [1.29, 1.82) is 0 Å². The Balaban J connectivity index is 1.65. The fourth-order valence-corrected chi connectivity index (χ4v) is 2.09. The summed E-state index contributed by atoms with van der Waals surface area (Å²) in [6.45, 7) is 2.87. The number of rotatable bonds is 6. The third kappa shape index (κ3) is 3.98. The fourth-order valence-electron chi connectivity index (χ4n) is 1.66. The molecule has 17 heavy (non-hydrogen) atoms. The molecule has 1 N–H and O–H groups in total. The molecule has 2 rings (SSSR count). The van der Waals surface area contributed by atoms with E-state index in [-0.39, 0.29) is 0 Å². The van der Waals surface area contributed by atoms with Gasteiger partial charge in [-0.25, -0.2) is 0 Å². The summed E-state index contributed by atoms with van der Waals surface area (Å²) in [5.41, 5.74) is 1.30. The summed E-state index contributed by atoms with van der Waals surface area (Å²) in [5.74, 6) is 0. The van der Waals surface area contributed by atoms with E-state index in [0.29, 0.717) is 0 Å². The Bertz CT molecular complexity index is 440. The molecule has 0 aliphatic rings. The van der Waals surface area contributed by atoms with Gasteiger partial charge in [0, 0.05) is 30.0 Å². The van der Waals surface area contributed by atoms with Gasteiger partial charge < -0.3 is 5.32 Å². The van der Waals surface area contributed by atoms with Crippen LogP contribution in [0.4, 0.5) is 0 Å². The lowest BCUT2D eigenvalue weighted by molar-refractivity contribution is 0.543. The number of nitrogens with zero attached hydrogens (tertiary/aromatic N) is 2. The van der Waals surface area contributed by atoms with Gasteiger partial charge in [-0.1, -0.05) is 34.1 Å². The van der Waals surface area contributed by atoms with Crippen LogP contribution >= 0.6 is 15.9 Å². The summed E-state index contributed by atoms with van der Waals surface area (Å²) in [5, 5.41) is 7.60. The predicted octanol–water partition coefficient (Wildman–Crippen LogP) is 2.83. The second-order valence-electron chi connectivity index (χ2n) is 3.89. The molecule has 0 unspecified atom stereocenters. The first kappa shape index (κ1) is 12.3. The Morgan fingerprint density at radius 2 is 2.12 bits per heavy atom. The van der Waals surface area contributed by atoms with Gasteiger partial charge in [0.1, 0.15) is 0 Å². The smallest absolute Gasteiger partial charge is 0.0489 e. The van der Waals surface area contributed by atoms with E-state index in [1.165, 1.54) is 10.0 Å². The first-order valence-electron chi connectivity index (χ1n) is 5.78. The van der Waals surface area contributed by atoms with Gasteiger partial charge in [0.2, 0.25) is 0 Å². The average Bonchev–Trinajstić information content (AvgIpc) is 2.84. The van der Waals surface area contributed by atoms with Crippen LogP contribution in [0.25, 0.3) is 0 Å². The summed E-state index contributed by atoms with van der Waals surface area (Å²) >= 11 is 3.54. The number of halogens is 1. The van der Waals surface area contributed by atoms with Gasteiger partial charge in [-0.3, -0.25) is 4.68 Å². The van der Waals surface area contributed by atoms with Gasteiger partial charge in [-0.2, -0.15) is 5.10 Å². The zero-order chi connectivity index (χ0) is 11.9. The molecule has 0 spiro atoms. The van der Waals surface area contributed by atoms with Gasteiger partial charge in [0.05, 0.1) is 0 Å². The molecule has 0 amide bonds. The van der Waals surface area contributed by atoms with E-state index in [1.807, 2.05) is 29.2 Å². The second-order valence-corrected chi connectivity index (χ2v) is 4.75. The van der Waals surface area contributed by atoms with Gasteiger partial charge in [-0.15, -0.1) is 0 Å². The minimum absolute atomic E-state index is 0.903. The van der Waals surface area contributed by atoms with Gasteiger partial charge in [0.25, 0.3) is 0 Å². The van der Waals surface area contributed by atoms with Gasteiger partial charge in [0.15, 0.2) is 0 Å². The average molecular weight is 294 g/mol. The van der Waals surface area contributed by atoms with Crippen LogP contribution < -0.4 is 5.32 Å². The van der Waals surface area contributed by atoms with E-state index >= 15 is 0 Å². The molecule has 90 valence electrons. The molecule has 0 fully saturated rings. The van der Waals surface area contributed by atoms with Crippen LogP contribution in [0.1, 0.15) is 12.0 Å². The summed E-state index contributed by atoms with van der Waals surface area (Å²) in [6.07, 6.45) is 4.90. The number of aromatic nitrogens is 2. The standard InChI is InChI=1S/C13H16BrN3/c14-13-6-2-1-5-12(13)11-15-7-3-9-17-10-4-8-16-17/h1-2,4-6,8,10,15H,3,7,9,11H2. The third-order valence-corrected chi connectivity index (χ3v) is 3.35. The molecule has 1 heterocycles. The van der Waals surface area contributed by atoms with E-state index in [9.17, 15) is 0 Å². The Morgan fingerprint density at radius 3 is 2.88 bits per heavy atom. The maximum atomic E-state index is 4.17. The van der Waals surface area contributed by atoms with E-state index < -0.39 is 0 Å². The van der Waals surface area contributed by atoms with Crippen molar-refractivity contribution in [3.05, 3.63) is 52.8 Å². The van der Waals surface area contributed by atoms with Crippen molar-refractivity contribution in [3.63, 3.8) is 0 Å². The zero-order valence-corrected chi connectivity index (χ0v) is 11.2. The highest BCUT2D eigenvalue weighted by molar-refractivity contribution is 9.10. The molecule has 0 aliphatic carbocycles. The molecule has 3 nitrogen and oxygen atoms in total. The molecule has 0 bridgehead atoms. The maximum Gasteiger partial charge on any atom is 0.0489 e. The Morgan fingerprint density at radius 1 is 1.24 bits per heavy atom. The molecule has 2 aromatic rings. The number of hydrogen-bond acceptors (Lipinski definition) is 2. The fraction of sp³-hybridized carbons (Fsp3) is 0.308. The lowest BCUT2D eigenvalue weighted by Gasteiger charge is -2.06. The molecule has 0 aliphatic heterocycles. The lowest BCUT2D eigenvalue weighted by Crippen LogP contribution is -2.16. The highest BCUT2D eigenvalue weighted by Crippen LogP contribution is 2.15. The van der Waals surface area contributed by atoms with Crippen molar-refractivity contribution >= 4 is 15.9 Å². The number of nitrogens with one attached hydrogen (secondary N) is 1. The largest absolute Gasteiger partial charge is 0.313 e. The van der Waals surface area contributed by atoms with Crippen molar-refractivity contribution in [1.82, 2.24) is 15.1 Å². The van der Waals surface area contributed by atoms with Crippen molar-refractivity contribution in [2.45, 2.75) is 19.5 Å². The van der Waals surface area contributed by atoms with Crippen LogP contribution in [0.3, 0.4) is 0 Å². The summed E-state index contributed by atoms with van der Waals surface area (Å²) in [4.78, 5) is 0. The second kappa shape index (κ2) is 6.57. The molecule has 4 heteroatoms. The minimum atomic E-state index is 0.903. The predicted molar refractivity (Wildman–Crippen MR) is 72.7 cm³/mol. The normalized spacial score (nSPS) is 10.6. The number of benzene rings is 1. The van der Waals surface area contributed by atoms with Gasteiger partial charge in [-0.05, 0) is 30.7 Å². The molecule has 0 atom stereocenters. The van der Waals surface area contributed by atoms with E-state index in [4.69, 9.17) is 0 Å². The number of aryl methyl sites for hydroxylation is 1. The highest BCUT2D eigenvalue weighted by atomic mass is 79.9. The zero-order valence-electron chi connectivity index (χ0n) is 9.64. The Labute approximate surface area is 110 Å². The molecule has 1 aromatic carbocycles. The van der Waals surface area contributed by atoms with Crippen molar-refractivity contribution < 1.29 is 0 Å². The molecule has 0 saturated heterocycles. The lowest BCUT2D eigenvalue weighted by atomic mass is 10.2. The Kier molecular flexibility index (Phi) is 4.76. The maximum absolute atomic E-state index is 4.17. The quantitative estimate of drug-likeness (QED) is 0.830. The van der Waals surface area contributed by atoms with Crippen LogP contribution in [-0.4, -0.2) is 16.3 Å². The third-order valence-electron chi connectivity index (χ3n) is 2.57. The first-order chi connectivity index (χ1) is 8.36. The molecule has 0 radical (unpaired) electrons. The van der Waals surface area contributed by atoms with Crippen LogP contribution in [0, 0.1) is 0 Å². The summed E-state index contributed by atoms with van der Waals surface area (Å²) in [6, 6.07) is 10.2. The van der Waals surface area contributed by atoms with E-state index in [0.717, 1.165) is 26.1 Å². The minimum Gasteiger partial charge on any atom is -0.313 e. The molecule has 1 aromatic heterocycles. The van der Waals surface area contributed by atoms with Gasteiger partial charge >= 0.3 is 0 Å². The van der Waals surface area contributed by atoms with Crippen LogP contribution in [-0.2, 0) is 13.1 Å². The Hall–Kier alpha value is -1.13. The van der Waals surface area contributed by atoms with Crippen molar-refractivity contribution in [2.24, 2.45) is 0 Å². The van der Waals surface area contributed by atoms with E-state index in [2.05, 4.69) is 44.5 Å². The van der Waals surface area contributed by atoms with Crippen molar-refractivity contribution in [3.8, 4) is 0 Å². The monoisotopic (exact) mass is 293 g/mol. The summed E-state index contributed by atoms with van der Waals surface area (Å²) in [7, 11) is 0. The van der Waals surface area contributed by atoms with E-state index in [1.54, 1.807) is 0 Å². The molecule has 0 saturated carbocycles. The first-order valence-corrected chi connectivity index (χ1v) is 6.57. The number of hydrogen-bond donors (Lipinski definition) is 1. The SMILES string of the molecule is Brc1ccccc1CNCCCn1cccn1. The molecular weight excluding hydrogens is 278 g/mol. The summed E-state index contributed by atoms with van der Waals surface area (Å²) < 4.78 is 3.12.